The Balaban J connectivity index is 1.44. The molecule has 0 aromatic heterocycles. The third-order valence-electron chi connectivity index (χ3n) is 3.70. The summed E-state index contributed by atoms with van der Waals surface area (Å²) in [5, 5.41) is 9.18. The van der Waals surface area contributed by atoms with E-state index in [0.717, 1.165) is 17.2 Å². The smallest absolute Gasteiger partial charge is 0.170 e. The van der Waals surface area contributed by atoms with Crippen LogP contribution in [0.4, 0.5) is 5.69 Å². The van der Waals surface area contributed by atoms with E-state index in [-0.39, 0.29) is 0 Å². The molecule has 3 aromatic carbocycles. The second kappa shape index (κ2) is 8.35. The van der Waals surface area contributed by atoms with Crippen LogP contribution in [0, 0.1) is 0 Å². The quantitative estimate of drug-likeness (QED) is 0.514. The molecule has 0 spiro atoms. The third kappa shape index (κ3) is 4.84. The number of ether oxygens (including phenoxy) is 2. The van der Waals surface area contributed by atoms with Crippen molar-refractivity contribution in [2.24, 2.45) is 0 Å². The number of hydrogen-bond acceptors (Lipinski definition) is 3. The Morgan fingerprint density at radius 3 is 2.60 bits per heavy atom. The summed E-state index contributed by atoms with van der Waals surface area (Å²) in [7, 11) is 1.64. The monoisotopic (exact) mass is 352 g/mol. The second-order valence-corrected chi connectivity index (χ2v) is 5.88. The van der Waals surface area contributed by atoms with E-state index >= 15 is 0 Å². The van der Waals surface area contributed by atoms with Crippen molar-refractivity contribution in [1.29, 1.82) is 0 Å². The summed E-state index contributed by atoms with van der Waals surface area (Å²) < 4.78 is 11.0. The lowest BCUT2D eigenvalue weighted by atomic mass is 10.1. The molecule has 5 heteroatoms. The Morgan fingerprint density at radius 2 is 1.76 bits per heavy atom. The maximum absolute atomic E-state index is 5.78. The molecule has 25 heavy (non-hydrogen) atoms. The van der Waals surface area contributed by atoms with E-state index < -0.39 is 0 Å². The van der Waals surface area contributed by atoms with Crippen molar-refractivity contribution in [3.05, 3.63) is 66.7 Å². The van der Waals surface area contributed by atoms with Crippen LogP contribution in [-0.2, 0) is 0 Å². The van der Waals surface area contributed by atoms with Crippen LogP contribution >= 0.6 is 12.2 Å². The minimum absolute atomic E-state index is 0.526. The lowest BCUT2D eigenvalue weighted by Gasteiger charge is -2.12. The molecule has 4 nitrogen and oxygen atoms in total. The molecule has 0 fully saturated rings. The molecule has 0 aliphatic rings. The van der Waals surface area contributed by atoms with Gasteiger partial charge in [-0.1, -0.05) is 36.4 Å². The summed E-state index contributed by atoms with van der Waals surface area (Å²) in [4.78, 5) is 0. The Labute approximate surface area is 152 Å². The molecule has 128 valence electrons. The van der Waals surface area contributed by atoms with Crippen molar-refractivity contribution >= 4 is 33.8 Å². The van der Waals surface area contributed by atoms with Gasteiger partial charge in [0, 0.05) is 11.8 Å². The van der Waals surface area contributed by atoms with Crippen molar-refractivity contribution in [1.82, 2.24) is 5.32 Å². The van der Waals surface area contributed by atoms with Gasteiger partial charge >= 0.3 is 0 Å². The van der Waals surface area contributed by atoms with Crippen LogP contribution in [0.25, 0.3) is 10.8 Å². The molecule has 0 radical (unpaired) electrons. The number of thiocarbonyl (C=S) groups is 1. The number of rotatable bonds is 6. The number of nitrogens with one attached hydrogen (secondary N) is 2. The molecule has 3 rings (SSSR count). The van der Waals surface area contributed by atoms with Gasteiger partial charge in [0.15, 0.2) is 5.11 Å². The van der Waals surface area contributed by atoms with E-state index in [4.69, 9.17) is 21.7 Å². The topological polar surface area (TPSA) is 42.5 Å². The zero-order chi connectivity index (χ0) is 17.5. The van der Waals surface area contributed by atoms with Crippen molar-refractivity contribution in [3.63, 3.8) is 0 Å². The first-order chi connectivity index (χ1) is 12.2. The van der Waals surface area contributed by atoms with Crippen molar-refractivity contribution in [2.45, 2.75) is 0 Å². The first-order valence-corrected chi connectivity index (χ1v) is 8.46. The molecular weight excluding hydrogens is 332 g/mol. The van der Waals surface area contributed by atoms with Crippen LogP contribution in [0.15, 0.2) is 66.7 Å². The zero-order valence-corrected chi connectivity index (χ0v) is 14.8. The summed E-state index contributed by atoms with van der Waals surface area (Å²) in [6.07, 6.45) is 0. The SMILES string of the molecule is COc1cccc(NC(=S)NCCOc2ccc3ccccc3c2)c1. The van der Waals surface area contributed by atoms with Crippen LogP contribution < -0.4 is 20.1 Å². The van der Waals surface area contributed by atoms with Crippen LogP contribution in [0.2, 0.25) is 0 Å². The van der Waals surface area contributed by atoms with Gasteiger partial charge < -0.3 is 20.1 Å². The van der Waals surface area contributed by atoms with Gasteiger partial charge in [-0.3, -0.25) is 0 Å². The van der Waals surface area contributed by atoms with Crippen LogP contribution in [-0.4, -0.2) is 25.4 Å². The van der Waals surface area contributed by atoms with Crippen molar-refractivity contribution < 1.29 is 9.47 Å². The molecule has 0 atom stereocenters. The van der Waals surface area contributed by atoms with Crippen molar-refractivity contribution in [3.8, 4) is 11.5 Å². The zero-order valence-electron chi connectivity index (χ0n) is 14.0. The summed E-state index contributed by atoms with van der Waals surface area (Å²) >= 11 is 5.29. The first kappa shape index (κ1) is 17.0. The molecule has 2 N–H and O–H groups in total. The molecule has 0 aliphatic heterocycles. The number of methoxy groups -OCH3 is 1. The molecule has 0 amide bonds. The van der Waals surface area contributed by atoms with Crippen LogP contribution in [0.1, 0.15) is 0 Å². The fraction of sp³-hybridized carbons (Fsp3) is 0.150. The van der Waals surface area contributed by atoms with E-state index in [0.29, 0.717) is 18.3 Å². The number of anilines is 1. The van der Waals surface area contributed by atoms with Gasteiger partial charge in [-0.05, 0) is 47.3 Å². The largest absolute Gasteiger partial charge is 0.497 e. The molecule has 0 bridgehead atoms. The number of fused-ring (bicyclic) bond motifs is 1. The molecule has 0 aliphatic carbocycles. The van der Waals surface area contributed by atoms with Gasteiger partial charge in [0.05, 0.1) is 13.7 Å². The van der Waals surface area contributed by atoms with Crippen molar-refractivity contribution in [2.75, 3.05) is 25.6 Å². The maximum atomic E-state index is 5.78. The van der Waals surface area contributed by atoms with Gasteiger partial charge in [-0.15, -0.1) is 0 Å². The van der Waals surface area contributed by atoms with Gasteiger partial charge in [0.2, 0.25) is 0 Å². The average Bonchev–Trinajstić information content (AvgIpc) is 2.65. The predicted octanol–water partition coefficient (Wildman–Crippen LogP) is 4.21. The Bertz CT molecular complexity index is 867. The van der Waals surface area contributed by atoms with Gasteiger partial charge in [0.1, 0.15) is 18.1 Å². The van der Waals surface area contributed by atoms with E-state index in [1.165, 1.54) is 10.8 Å². The standard InChI is InChI=1S/C20H20N2O2S/c1-23-18-8-4-7-17(14-18)22-20(25)21-11-12-24-19-10-9-15-5-2-3-6-16(15)13-19/h2-10,13-14H,11-12H2,1H3,(H2,21,22,25). The summed E-state index contributed by atoms with van der Waals surface area (Å²) in [6.45, 7) is 1.14. The Hall–Kier alpha value is -2.79. The Kier molecular flexibility index (Phi) is 5.69. The molecule has 0 saturated carbocycles. The highest BCUT2D eigenvalue weighted by Crippen LogP contribution is 2.20. The molecule has 0 unspecified atom stereocenters. The minimum atomic E-state index is 0.526. The summed E-state index contributed by atoms with van der Waals surface area (Å²) in [5.74, 6) is 1.64. The van der Waals surface area contributed by atoms with Crippen LogP contribution in [0.5, 0.6) is 11.5 Å². The number of benzene rings is 3. The molecular formula is C20H20N2O2S. The number of hydrogen-bond donors (Lipinski definition) is 2. The molecule has 0 heterocycles. The highest BCUT2D eigenvalue weighted by atomic mass is 32.1. The van der Waals surface area contributed by atoms with E-state index in [1.807, 2.05) is 48.5 Å². The lowest BCUT2D eigenvalue weighted by Crippen LogP contribution is -2.31. The van der Waals surface area contributed by atoms with Gasteiger partial charge in [-0.2, -0.15) is 0 Å². The summed E-state index contributed by atoms with van der Waals surface area (Å²) in [5.41, 5.74) is 0.882. The van der Waals surface area contributed by atoms with E-state index in [1.54, 1.807) is 7.11 Å². The van der Waals surface area contributed by atoms with E-state index in [9.17, 15) is 0 Å². The highest BCUT2D eigenvalue weighted by molar-refractivity contribution is 7.80. The first-order valence-electron chi connectivity index (χ1n) is 8.05. The maximum Gasteiger partial charge on any atom is 0.170 e. The Morgan fingerprint density at radius 1 is 0.920 bits per heavy atom. The lowest BCUT2D eigenvalue weighted by molar-refractivity contribution is 0.323. The second-order valence-electron chi connectivity index (χ2n) is 5.47. The fourth-order valence-electron chi connectivity index (χ4n) is 2.47. The normalized spacial score (nSPS) is 10.3. The van der Waals surface area contributed by atoms with Gasteiger partial charge in [-0.25, -0.2) is 0 Å². The highest BCUT2D eigenvalue weighted by Gasteiger charge is 2.00. The average molecular weight is 352 g/mol. The fourth-order valence-corrected chi connectivity index (χ4v) is 2.69. The molecule has 3 aromatic rings. The van der Waals surface area contributed by atoms with E-state index in [2.05, 4.69) is 28.8 Å². The predicted molar refractivity (Wildman–Crippen MR) is 107 cm³/mol. The third-order valence-corrected chi connectivity index (χ3v) is 3.95. The summed E-state index contributed by atoms with van der Waals surface area (Å²) in [6, 6.07) is 21.9. The van der Waals surface area contributed by atoms with Crippen LogP contribution in [0.3, 0.4) is 0 Å². The molecule has 0 saturated heterocycles. The van der Waals surface area contributed by atoms with Gasteiger partial charge in [0.25, 0.3) is 0 Å². The minimum Gasteiger partial charge on any atom is -0.497 e.